The van der Waals surface area contributed by atoms with E-state index in [2.05, 4.69) is 26.0 Å². The number of phenols is 1. The van der Waals surface area contributed by atoms with Crippen LogP contribution < -0.4 is 10.3 Å². The van der Waals surface area contributed by atoms with Gasteiger partial charge >= 0.3 is 0 Å². The van der Waals surface area contributed by atoms with Crippen LogP contribution in [0.1, 0.15) is 11.4 Å². The summed E-state index contributed by atoms with van der Waals surface area (Å²) < 4.78 is 7.81. The molecule has 0 saturated heterocycles. The Morgan fingerprint density at radius 2 is 2.12 bits per heavy atom. The largest absolute Gasteiger partial charge is 0.504 e. The van der Waals surface area contributed by atoms with Crippen LogP contribution in [0.3, 0.4) is 0 Å². The Balaban J connectivity index is 2.10. The molecule has 0 amide bonds. The van der Waals surface area contributed by atoms with E-state index in [4.69, 9.17) is 4.74 Å². The van der Waals surface area contributed by atoms with E-state index in [0.717, 1.165) is 4.47 Å². The zero-order valence-electron chi connectivity index (χ0n) is 13.3. The number of fused-ring (bicyclic) bond motifs is 1. The van der Waals surface area contributed by atoms with Gasteiger partial charge in [0.05, 0.1) is 27.8 Å². The molecule has 0 unspecified atom stereocenters. The lowest BCUT2D eigenvalue weighted by molar-refractivity contribution is 0.371. The van der Waals surface area contributed by atoms with Crippen LogP contribution in [0.4, 0.5) is 0 Å². The molecule has 1 heterocycles. The van der Waals surface area contributed by atoms with Crippen molar-refractivity contribution in [2.24, 2.45) is 5.10 Å². The number of hydrogen-bond donors (Lipinski definition) is 1. The molecule has 2 aromatic carbocycles. The van der Waals surface area contributed by atoms with Gasteiger partial charge in [0.25, 0.3) is 5.56 Å². The number of nitrogens with zero attached hydrogens (tertiary/aromatic N) is 3. The molecular formula is C17H13BrIN3O3. The topological polar surface area (TPSA) is 76.7 Å². The molecule has 0 aliphatic rings. The Morgan fingerprint density at radius 3 is 2.84 bits per heavy atom. The van der Waals surface area contributed by atoms with Gasteiger partial charge in [-0.2, -0.15) is 9.78 Å². The van der Waals surface area contributed by atoms with Crippen molar-refractivity contribution < 1.29 is 9.84 Å². The molecule has 8 heteroatoms. The van der Waals surface area contributed by atoms with E-state index in [-0.39, 0.29) is 11.3 Å². The number of hydrogen-bond acceptors (Lipinski definition) is 5. The lowest BCUT2D eigenvalue weighted by Gasteiger charge is -2.07. The van der Waals surface area contributed by atoms with Crippen molar-refractivity contribution >= 4 is 55.6 Å². The minimum absolute atomic E-state index is 0.0748. The van der Waals surface area contributed by atoms with E-state index >= 15 is 0 Å². The van der Waals surface area contributed by atoms with Crippen LogP contribution in [-0.4, -0.2) is 28.1 Å². The quantitative estimate of drug-likeness (QED) is 0.428. The number of rotatable bonds is 3. The molecule has 3 rings (SSSR count). The maximum absolute atomic E-state index is 12.7. The minimum Gasteiger partial charge on any atom is -0.504 e. The highest BCUT2D eigenvalue weighted by Gasteiger charge is 2.09. The average Bonchev–Trinajstić information content (AvgIpc) is 2.58. The van der Waals surface area contributed by atoms with E-state index in [1.165, 1.54) is 18.0 Å². The predicted molar refractivity (Wildman–Crippen MR) is 109 cm³/mol. The monoisotopic (exact) mass is 513 g/mol. The third-order valence-electron chi connectivity index (χ3n) is 3.56. The van der Waals surface area contributed by atoms with Crippen molar-refractivity contribution in [2.75, 3.05) is 7.11 Å². The molecule has 128 valence electrons. The van der Waals surface area contributed by atoms with Crippen LogP contribution in [-0.2, 0) is 0 Å². The molecule has 0 aliphatic heterocycles. The highest BCUT2D eigenvalue weighted by Crippen LogP contribution is 2.31. The van der Waals surface area contributed by atoms with E-state index in [9.17, 15) is 9.90 Å². The molecule has 1 aromatic heterocycles. The fourth-order valence-corrected chi connectivity index (χ4v) is 3.33. The summed E-state index contributed by atoms with van der Waals surface area (Å²) in [6, 6.07) is 8.74. The number of aromatic nitrogens is 2. The van der Waals surface area contributed by atoms with Gasteiger partial charge in [-0.3, -0.25) is 4.79 Å². The van der Waals surface area contributed by atoms with Crippen molar-refractivity contribution in [3.8, 4) is 11.5 Å². The van der Waals surface area contributed by atoms with E-state index < -0.39 is 0 Å². The van der Waals surface area contributed by atoms with Crippen molar-refractivity contribution in [2.45, 2.75) is 6.92 Å². The van der Waals surface area contributed by atoms with Crippen LogP contribution in [0.25, 0.3) is 10.9 Å². The van der Waals surface area contributed by atoms with Gasteiger partial charge < -0.3 is 9.84 Å². The summed E-state index contributed by atoms with van der Waals surface area (Å²) in [6.07, 6.45) is 1.53. The number of aryl methyl sites for hydroxylation is 1. The fraction of sp³-hybridized carbons (Fsp3) is 0.118. The van der Waals surface area contributed by atoms with Gasteiger partial charge in [0.1, 0.15) is 5.82 Å². The smallest absolute Gasteiger partial charge is 0.282 e. The van der Waals surface area contributed by atoms with Gasteiger partial charge in [-0.15, -0.1) is 0 Å². The number of halogens is 2. The number of methoxy groups -OCH3 is 1. The molecule has 0 radical (unpaired) electrons. The summed E-state index contributed by atoms with van der Waals surface area (Å²) in [5, 5.41) is 14.6. The summed E-state index contributed by atoms with van der Waals surface area (Å²) in [7, 11) is 1.48. The zero-order valence-corrected chi connectivity index (χ0v) is 17.1. The highest BCUT2D eigenvalue weighted by molar-refractivity contribution is 14.1. The number of phenolic OH excluding ortho intramolecular Hbond substituents is 1. The molecule has 0 fully saturated rings. The Hall–Kier alpha value is -1.94. The second-order valence-electron chi connectivity index (χ2n) is 5.24. The first-order valence-corrected chi connectivity index (χ1v) is 9.07. The van der Waals surface area contributed by atoms with Gasteiger partial charge in [-0.25, -0.2) is 4.98 Å². The summed E-state index contributed by atoms with van der Waals surface area (Å²) in [6.45, 7) is 1.72. The van der Waals surface area contributed by atoms with Crippen molar-refractivity contribution in [3.63, 3.8) is 0 Å². The second-order valence-corrected chi connectivity index (χ2v) is 7.31. The first kappa shape index (κ1) is 17.9. The highest BCUT2D eigenvalue weighted by atomic mass is 127. The molecule has 0 saturated carbocycles. The summed E-state index contributed by atoms with van der Waals surface area (Å²) >= 11 is 5.37. The molecule has 3 aromatic rings. The molecule has 1 N–H and O–H groups in total. The van der Waals surface area contributed by atoms with Gasteiger partial charge in [0.2, 0.25) is 0 Å². The fourth-order valence-electron chi connectivity index (χ4n) is 2.34. The van der Waals surface area contributed by atoms with Gasteiger partial charge in [-0.1, -0.05) is 15.9 Å². The molecule has 25 heavy (non-hydrogen) atoms. The predicted octanol–water partition coefficient (Wildman–Crippen LogP) is 3.67. The number of benzene rings is 2. The first-order chi connectivity index (χ1) is 11.9. The molecule has 0 spiro atoms. The minimum atomic E-state index is -0.250. The van der Waals surface area contributed by atoms with Crippen molar-refractivity contribution in [1.82, 2.24) is 9.66 Å². The maximum Gasteiger partial charge on any atom is 0.282 e. The van der Waals surface area contributed by atoms with Gasteiger partial charge in [-0.05, 0) is 65.4 Å². The standard InChI is InChI=1S/C17H13BrIN3O3/c1-9-21-14-4-3-11(18)7-12(14)17(24)22(9)20-8-10-5-13(19)16(23)15(6-10)25-2/h3-8,23H,1-2H3/b20-8+. The Labute approximate surface area is 165 Å². The van der Waals surface area contributed by atoms with Crippen LogP contribution in [0.15, 0.2) is 44.7 Å². The average molecular weight is 514 g/mol. The van der Waals surface area contributed by atoms with Crippen molar-refractivity contribution in [1.29, 1.82) is 0 Å². The number of ether oxygens (including phenoxy) is 1. The SMILES string of the molecule is COc1cc(/C=N/n2c(C)nc3ccc(Br)cc3c2=O)cc(I)c1O. The second kappa shape index (κ2) is 7.12. The molecule has 0 aliphatic carbocycles. The van der Waals surface area contributed by atoms with E-state index in [1.807, 2.05) is 28.7 Å². The third-order valence-corrected chi connectivity index (χ3v) is 4.88. The third kappa shape index (κ3) is 3.54. The van der Waals surface area contributed by atoms with Gasteiger partial charge in [0, 0.05) is 4.47 Å². The molecular weight excluding hydrogens is 501 g/mol. The Morgan fingerprint density at radius 1 is 1.36 bits per heavy atom. The van der Waals surface area contributed by atoms with Crippen LogP contribution in [0.5, 0.6) is 11.5 Å². The Bertz CT molecular complexity index is 1060. The molecule has 6 nitrogen and oxygen atoms in total. The lowest BCUT2D eigenvalue weighted by Crippen LogP contribution is -2.20. The van der Waals surface area contributed by atoms with Crippen LogP contribution >= 0.6 is 38.5 Å². The maximum atomic E-state index is 12.7. The summed E-state index contributed by atoms with van der Waals surface area (Å²) in [4.78, 5) is 17.1. The van der Waals surface area contributed by atoms with Gasteiger partial charge in [0.15, 0.2) is 11.5 Å². The normalized spacial score (nSPS) is 11.4. The summed E-state index contributed by atoms with van der Waals surface area (Å²) in [5.74, 6) is 0.903. The Kier molecular flexibility index (Phi) is 5.09. The number of aromatic hydroxyl groups is 1. The molecule has 0 bridgehead atoms. The lowest BCUT2D eigenvalue weighted by atomic mass is 10.2. The molecule has 0 atom stereocenters. The van der Waals surface area contributed by atoms with Crippen LogP contribution in [0.2, 0.25) is 0 Å². The summed E-state index contributed by atoms with van der Waals surface area (Å²) in [5.41, 5.74) is 1.07. The van der Waals surface area contributed by atoms with Crippen LogP contribution in [0, 0.1) is 10.5 Å². The van der Waals surface area contributed by atoms with E-state index in [1.54, 1.807) is 31.2 Å². The zero-order chi connectivity index (χ0) is 18.1. The van der Waals surface area contributed by atoms with E-state index in [0.29, 0.717) is 31.6 Å². The first-order valence-electron chi connectivity index (χ1n) is 7.20. The van der Waals surface area contributed by atoms with Crippen molar-refractivity contribution in [3.05, 3.63) is 60.1 Å².